The largest absolute Gasteiger partial charge is 0.460 e. The fourth-order valence-corrected chi connectivity index (χ4v) is 3.03. The van der Waals surface area contributed by atoms with Crippen molar-refractivity contribution in [2.45, 2.75) is 32.5 Å². The Balaban J connectivity index is 2.24. The first kappa shape index (κ1) is 22.7. The maximum atomic E-state index is 13.1. The van der Waals surface area contributed by atoms with Crippen LogP contribution in [-0.4, -0.2) is 11.9 Å². The van der Waals surface area contributed by atoms with E-state index in [-0.39, 0.29) is 26.1 Å². The molecule has 4 heteroatoms. The van der Waals surface area contributed by atoms with Gasteiger partial charge in [-0.2, -0.15) is 0 Å². The van der Waals surface area contributed by atoms with Crippen LogP contribution in [0.3, 0.4) is 0 Å². The molecule has 0 aliphatic heterocycles. The fourth-order valence-electron chi connectivity index (χ4n) is 3.03. The summed E-state index contributed by atoms with van der Waals surface area (Å²) in [7, 11) is 0. The van der Waals surface area contributed by atoms with Crippen molar-refractivity contribution in [3.05, 3.63) is 96.6 Å². The number of allylic oxidation sites excluding steroid dienone is 2. The first-order chi connectivity index (χ1) is 14.5. The monoisotopic (exact) mass is 402 g/mol. The van der Waals surface area contributed by atoms with E-state index >= 15 is 0 Å². The molecule has 0 radical (unpaired) electrons. The zero-order chi connectivity index (χ0) is 21.8. The molecular weight excluding hydrogens is 376 g/mol. The van der Waals surface area contributed by atoms with Crippen molar-refractivity contribution in [3.63, 3.8) is 0 Å². The van der Waals surface area contributed by atoms with Crippen LogP contribution in [0.5, 0.6) is 0 Å². The predicted octanol–water partition coefficient (Wildman–Crippen LogP) is 5.01. The highest BCUT2D eigenvalue weighted by Crippen LogP contribution is 2.35. The molecule has 2 aromatic carbocycles. The van der Waals surface area contributed by atoms with E-state index < -0.39 is 17.4 Å². The van der Waals surface area contributed by atoms with Crippen molar-refractivity contribution in [2.24, 2.45) is 5.41 Å². The highest BCUT2D eigenvalue weighted by molar-refractivity contribution is 6.00. The van der Waals surface area contributed by atoms with Gasteiger partial charge in [-0.1, -0.05) is 78.9 Å². The topological polar surface area (TPSA) is 52.6 Å². The lowest BCUT2D eigenvalue weighted by Gasteiger charge is -2.28. The average molecular weight is 402 g/mol. The molecular formula is C26H26O4. The molecule has 4 nitrogen and oxygen atoms in total. The van der Waals surface area contributed by atoms with Gasteiger partial charge in [0.05, 0.1) is 0 Å². The molecule has 0 fully saturated rings. The minimum absolute atomic E-state index is 0.0322. The zero-order valence-corrected chi connectivity index (χ0v) is 17.0. The molecule has 0 aliphatic carbocycles. The van der Waals surface area contributed by atoms with Crippen molar-refractivity contribution >= 4 is 11.9 Å². The van der Waals surface area contributed by atoms with Crippen LogP contribution in [0.4, 0.5) is 0 Å². The van der Waals surface area contributed by atoms with Gasteiger partial charge >= 0.3 is 11.9 Å². The lowest BCUT2D eigenvalue weighted by molar-refractivity contribution is -0.174. The van der Waals surface area contributed by atoms with Gasteiger partial charge in [0.25, 0.3) is 0 Å². The normalized spacial score (nSPS) is 10.5. The van der Waals surface area contributed by atoms with Crippen LogP contribution in [0.15, 0.2) is 85.5 Å². The van der Waals surface area contributed by atoms with Gasteiger partial charge in [0.15, 0.2) is 5.41 Å². The molecule has 154 valence electrons. The van der Waals surface area contributed by atoms with Crippen molar-refractivity contribution in [3.8, 4) is 12.3 Å². The molecule has 0 aromatic heterocycles. The van der Waals surface area contributed by atoms with E-state index in [1.807, 2.05) is 60.7 Å². The van der Waals surface area contributed by atoms with Crippen LogP contribution in [0, 0.1) is 17.8 Å². The third-order valence-corrected chi connectivity index (χ3v) is 4.60. The smallest absolute Gasteiger partial charge is 0.325 e. The first-order valence-corrected chi connectivity index (χ1v) is 9.65. The zero-order valence-electron chi connectivity index (χ0n) is 17.0. The summed E-state index contributed by atoms with van der Waals surface area (Å²) in [5.41, 5.74) is 0.609. The quantitative estimate of drug-likeness (QED) is 0.230. The third kappa shape index (κ3) is 6.22. The molecule has 0 saturated carbocycles. The van der Waals surface area contributed by atoms with E-state index in [0.29, 0.717) is 12.0 Å². The summed E-state index contributed by atoms with van der Waals surface area (Å²) in [5, 5.41) is 0. The van der Waals surface area contributed by atoms with E-state index in [2.05, 4.69) is 19.1 Å². The van der Waals surface area contributed by atoms with Gasteiger partial charge in [0.2, 0.25) is 0 Å². The minimum atomic E-state index is -1.65. The molecule has 0 N–H and O–H groups in total. The molecule has 0 atom stereocenters. The standard InChI is InChI=1S/C26H26O4/c1-4-12-21(3)18-26(17-5-2,24(27)29-19-22-13-8-6-9-14-22)25(28)30-20-23-15-10-7-11-16-23/h2,4,6-11,13-16H,1,3,12,17-20H2. The van der Waals surface area contributed by atoms with E-state index in [4.69, 9.17) is 15.9 Å². The Bertz CT molecular complexity index is 852. The number of carbonyl (C=O) groups excluding carboxylic acids is 2. The average Bonchev–Trinajstić information content (AvgIpc) is 2.77. The van der Waals surface area contributed by atoms with Crippen LogP contribution in [0.2, 0.25) is 0 Å². The summed E-state index contributed by atoms with van der Waals surface area (Å²) in [6.45, 7) is 7.71. The number of esters is 2. The molecule has 0 saturated heterocycles. The van der Waals surface area contributed by atoms with Crippen molar-refractivity contribution in [1.82, 2.24) is 0 Å². The molecule has 0 amide bonds. The number of hydrogen-bond donors (Lipinski definition) is 0. The molecule has 2 rings (SSSR count). The van der Waals surface area contributed by atoms with Crippen LogP contribution < -0.4 is 0 Å². The van der Waals surface area contributed by atoms with Crippen LogP contribution in [-0.2, 0) is 32.3 Å². The first-order valence-electron chi connectivity index (χ1n) is 9.65. The summed E-state index contributed by atoms with van der Waals surface area (Å²) in [5.74, 6) is 1.02. The van der Waals surface area contributed by atoms with E-state index in [0.717, 1.165) is 11.1 Å². The Hall–Kier alpha value is -3.58. The Labute approximate surface area is 178 Å². The Morgan fingerprint density at radius 3 is 1.80 bits per heavy atom. The van der Waals surface area contributed by atoms with Crippen molar-refractivity contribution in [1.29, 1.82) is 0 Å². The van der Waals surface area contributed by atoms with Gasteiger partial charge in [-0.05, 0) is 24.0 Å². The van der Waals surface area contributed by atoms with Gasteiger partial charge in [-0.15, -0.1) is 18.9 Å². The molecule has 0 unspecified atom stereocenters. The number of ether oxygens (including phenoxy) is 2. The maximum absolute atomic E-state index is 13.1. The third-order valence-electron chi connectivity index (χ3n) is 4.60. The van der Waals surface area contributed by atoms with Crippen molar-refractivity contribution in [2.75, 3.05) is 0 Å². The fraction of sp³-hybridized carbons (Fsp3) is 0.231. The Kier molecular flexibility index (Phi) is 8.65. The van der Waals surface area contributed by atoms with Gasteiger partial charge < -0.3 is 9.47 Å². The predicted molar refractivity (Wildman–Crippen MR) is 117 cm³/mol. The highest BCUT2D eigenvalue weighted by atomic mass is 16.6. The van der Waals surface area contributed by atoms with Crippen molar-refractivity contribution < 1.29 is 19.1 Å². The Morgan fingerprint density at radius 1 is 0.933 bits per heavy atom. The van der Waals surface area contributed by atoms with Crippen LogP contribution >= 0.6 is 0 Å². The lowest BCUT2D eigenvalue weighted by Crippen LogP contribution is -2.42. The molecule has 0 aliphatic rings. The van der Waals surface area contributed by atoms with Gasteiger partial charge in [0, 0.05) is 6.42 Å². The van der Waals surface area contributed by atoms with Gasteiger partial charge in [-0.25, -0.2) is 0 Å². The summed E-state index contributed by atoms with van der Waals surface area (Å²) in [6, 6.07) is 18.5. The summed E-state index contributed by atoms with van der Waals surface area (Å²) >= 11 is 0. The molecule has 2 aromatic rings. The van der Waals surface area contributed by atoms with Gasteiger partial charge in [0.1, 0.15) is 13.2 Å². The number of terminal acetylenes is 1. The van der Waals surface area contributed by atoms with E-state index in [9.17, 15) is 9.59 Å². The van der Waals surface area contributed by atoms with Gasteiger partial charge in [-0.3, -0.25) is 9.59 Å². The molecule has 0 spiro atoms. The SMILES string of the molecule is C#CCC(CC(=C)CC=C)(C(=O)OCc1ccccc1)C(=O)OCc1ccccc1. The molecule has 0 bridgehead atoms. The van der Waals surface area contributed by atoms with E-state index in [1.165, 1.54) is 0 Å². The summed E-state index contributed by atoms with van der Waals surface area (Å²) < 4.78 is 11.0. The molecule has 30 heavy (non-hydrogen) atoms. The second-order valence-electron chi connectivity index (χ2n) is 7.01. The minimum Gasteiger partial charge on any atom is -0.460 e. The van der Waals surface area contributed by atoms with Crippen LogP contribution in [0.1, 0.15) is 30.4 Å². The number of hydrogen-bond acceptors (Lipinski definition) is 4. The lowest BCUT2D eigenvalue weighted by atomic mass is 9.78. The number of benzene rings is 2. The summed E-state index contributed by atoms with van der Waals surface area (Å²) in [4.78, 5) is 26.3. The second-order valence-corrected chi connectivity index (χ2v) is 7.01. The number of carbonyl (C=O) groups is 2. The maximum Gasteiger partial charge on any atom is 0.325 e. The second kappa shape index (κ2) is 11.4. The van der Waals surface area contributed by atoms with Crippen LogP contribution in [0.25, 0.3) is 0 Å². The van der Waals surface area contributed by atoms with E-state index in [1.54, 1.807) is 6.08 Å². The molecule has 0 heterocycles. The Morgan fingerprint density at radius 2 is 1.40 bits per heavy atom. The number of rotatable bonds is 11. The summed E-state index contributed by atoms with van der Waals surface area (Å²) in [6.07, 6.45) is 7.53. The highest BCUT2D eigenvalue weighted by Gasteiger charge is 2.48.